The van der Waals surface area contributed by atoms with E-state index >= 15 is 0 Å². The summed E-state index contributed by atoms with van der Waals surface area (Å²) >= 11 is 0. The van der Waals surface area contributed by atoms with E-state index in [1.54, 1.807) is 12.1 Å². The van der Waals surface area contributed by atoms with E-state index in [9.17, 15) is 14.3 Å². The highest BCUT2D eigenvalue weighted by molar-refractivity contribution is 5.73. The molecule has 0 bridgehead atoms. The third-order valence-corrected chi connectivity index (χ3v) is 3.69. The summed E-state index contributed by atoms with van der Waals surface area (Å²) in [5.41, 5.74) is 6.58. The van der Waals surface area contributed by atoms with Gasteiger partial charge >= 0.3 is 5.97 Å². The number of nitrogens with two attached hydrogens (primary N) is 1. The van der Waals surface area contributed by atoms with E-state index in [2.05, 4.69) is 5.32 Å². The first-order valence-electron chi connectivity index (χ1n) is 6.75. The number of carbonyl (C=O) groups is 1. The number of carboxylic acids is 1. The van der Waals surface area contributed by atoms with Crippen LogP contribution in [0.1, 0.15) is 5.56 Å². The molecule has 6 heteroatoms. The second-order valence-electron chi connectivity index (χ2n) is 5.02. The second kappa shape index (κ2) is 6.78. The molecule has 1 saturated heterocycles. The first kappa shape index (κ1) is 14.9. The van der Waals surface area contributed by atoms with Crippen molar-refractivity contribution in [2.45, 2.75) is 18.5 Å². The van der Waals surface area contributed by atoms with Crippen LogP contribution in [0.4, 0.5) is 4.39 Å². The summed E-state index contributed by atoms with van der Waals surface area (Å²) in [5, 5.41) is 12.5. The SMILES string of the molecule is NC[C@@H](C(=O)O)N1CCNCC1Cc1ccc(F)cc1. The third-order valence-electron chi connectivity index (χ3n) is 3.69. The zero-order valence-corrected chi connectivity index (χ0v) is 11.3. The van der Waals surface area contributed by atoms with Crippen LogP contribution in [0.3, 0.4) is 0 Å². The van der Waals surface area contributed by atoms with Gasteiger partial charge in [0, 0.05) is 32.2 Å². The molecule has 1 unspecified atom stereocenters. The van der Waals surface area contributed by atoms with Gasteiger partial charge in [0.1, 0.15) is 11.9 Å². The fraction of sp³-hybridized carbons (Fsp3) is 0.500. The molecule has 5 nitrogen and oxygen atoms in total. The van der Waals surface area contributed by atoms with E-state index in [1.165, 1.54) is 12.1 Å². The lowest BCUT2D eigenvalue weighted by Crippen LogP contribution is -2.59. The average Bonchev–Trinajstić information content (AvgIpc) is 2.43. The highest BCUT2D eigenvalue weighted by atomic mass is 19.1. The molecule has 0 spiro atoms. The largest absolute Gasteiger partial charge is 0.480 e. The van der Waals surface area contributed by atoms with Gasteiger partial charge in [0.05, 0.1) is 0 Å². The highest BCUT2D eigenvalue weighted by Crippen LogP contribution is 2.14. The van der Waals surface area contributed by atoms with Crippen LogP contribution in [0.5, 0.6) is 0 Å². The Bertz CT molecular complexity index is 452. The zero-order valence-electron chi connectivity index (χ0n) is 11.3. The quantitative estimate of drug-likeness (QED) is 0.711. The minimum Gasteiger partial charge on any atom is -0.480 e. The van der Waals surface area contributed by atoms with Crippen molar-refractivity contribution >= 4 is 5.97 Å². The number of rotatable bonds is 5. The molecule has 0 saturated carbocycles. The zero-order chi connectivity index (χ0) is 14.5. The molecule has 0 aliphatic carbocycles. The van der Waals surface area contributed by atoms with Gasteiger partial charge in [-0.15, -0.1) is 0 Å². The Labute approximate surface area is 117 Å². The number of nitrogens with zero attached hydrogens (tertiary/aromatic N) is 1. The van der Waals surface area contributed by atoms with Crippen LogP contribution in [0, 0.1) is 5.82 Å². The predicted molar refractivity (Wildman–Crippen MR) is 73.9 cm³/mol. The normalized spacial score (nSPS) is 21.6. The molecule has 1 aliphatic rings. The first-order chi connectivity index (χ1) is 9.61. The summed E-state index contributed by atoms with van der Waals surface area (Å²) in [6.07, 6.45) is 0.678. The van der Waals surface area contributed by atoms with Crippen LogP contribution in [-0.4, -0.2) is 54.2 Å². The van der Waals surface area contributed by atoms with Crippen LogP contribution >= 0.6 is 0 Å². The maximum Gasteiger partial charge on any atom is 0.322 e. The summed E-state index contributed by atoms with van der Waals surface area (Å²) in [5.74, 6) is -1.16. The molecule has 1 heterocycles. The fourth-order valence-electron chi connectivity index (χ4n) is 2.65. The van der Waals surface area contributed by atoms with Crippen LogP contribution in [0.2, 0.25) is 0 Å². The lowest BCUT2D eigenvalue weighted by Gasteiger charge is -2.39. The monoisotopic (exact) mass is 281 g/mol. The van der Waals surface area contributed by atoms with Crippen molar-refractivity contribution in [1.82, 2.24) is 10.2 Å². The molecule has 20 heavy (non-hydrogen) atoms. The van der Waals surface area contributed by atoms with E-state index < -0.39 is 12.0 Å². The Morgan fingerprint density at radius 3 is 2.80 bits per heavy atom. The van der Waals surface area contributed by atoms with Crippen molar-refractivity contribution in [3.8, 4) is 0 Å². The van der Waals surface area contributed by atoms with Crippen molar-refractivity contribution in [1.29, 1.82) is 0 Å². The molecule has 1 fully saturated rings. The molecule has 0 radical (unpaired) electrons. The van der Waals surface area contributed by atoms with Crippen molar-refractivity contribution in [2.75, 3.05) is 26.2 Å². The summed E-state index contributed by atoms with van der Waals surface area (Å²) < 4.78 is 12.9. The number of nitrogens with one attached hydrogen (secondary N) is 1. The van der Waals surface area contributed by atoms with E-state index in [4.69, 9.17) is 5.73 Å². The van der Waals surface area contributed by atoms with E-state index in [0.717, 1.165) is 12.1 Å². The van der Waals surface area contributed by atoms with Gasteiger partial charge in [-0.3, -0.25) is 9.69 Å². The second-order valence-corrected chi connectivity index (χ2v) is 5.02. The minimum absolute atomic E-state index is 0.0545. The van der Waals surface area contributed by atoms with Crippen molar-refractivity contribution in [3.63, 3.8) is 0 Å². The maximum atomic E-state index is 12.9. The molecule has 2 rings (SSSR count). The molecule has 2 atom stereocenters. The van der Waals surface area contributed by atoms with E-state index in [1.807, 2.05) is 4.90 Å². The highest BCUT2D eigenvalue weighted by Gasteiger charge is 2.32. The number of halogens is 1. The van der Waals surface area contributed by atoms with Gasteiger partial charge in [0.15, 0.2) is 0 Å². The number of hydrogen-bond acceptors (Lipinski definition) is 4. The molecule has 110 valence electrons. The van der Waals surface area contributed by atoms with Crippen LogP contribution in [-0.2, 0) is 11.2 Å². The van der Waals surface area contributed by atoms with Crippen LogP contribution < -0.4 is 11.1 Å². The molecule has 1 aromatic rings. The van der Waals surface area contributed by atoms with Gasteiger partial charge in [0.25, 0.3) is 0 Å². The Morgan fingerprint density at radius 2 is 2.20 bits per heavy atom. The minimum atomic E-state index is -0.890. The summed E-state index contributed by atoms with van der Waals surface area (Å²) in [4.78, 5) is 13.2. The summed E-state index contributed by atoms with van der Waals surface area (Å²) in [6.45, 7) is 2.21. The molecular weight excluding hydrogens is 261 g/mol. The van der Waals surface area contributed by atoms with Crippen LogP contribution in [0.15, 0.2) is 24.3 Å². The third kappa shape index (κ3) is 3.53. The molecule has 1 aromatic carbocycles. The van der Waals surface area contributed by atoms with Gasteiger partial charge in [-0.25, -0.2) is 4.39 Å². The number of benzene rings is 1. The molecular formula is C14H20FN3O2. The number of piperazine rings is 1. The smallest absolute Gasteiger partial charge is 0.322 e. The van der Waals surface area contributed by atoms with E-state index in [0.29, 0.717) is 19.5 Å². The standard InChI is InChI=1S/C14H20FN3O2/c15-11-3-1-10(2-4-11)7-12-9-17-5-6-18(12)13(8-16)14(19)20/h1-4,12-13,17H,5-9,16H2,(H,19,20)/t12?,13-/m0/s1. The molecule has 1 aliphatic heterocycles. The maximum absolute atomic E-state index is 12.9. The molecule has 0 aromatic heterocycles. The molecule has 0 amide bonds. The fourth-order valence-corrected chi connectivity index (χ4v) is 2.65. The molecule has 4 N–H and O–H groups in total. The summed E-state index contributed by atoms with van der Waals surface area (Å²) in [6, 6.07) is 5.71. The van der Waals surface area contributed by atoms with Gasteiger partial charge < -0.3 is 16.2 Å². The lowest BCUT2D eigenvalue weighted by atomic mass is 10.0. The lowest BCUT2D eigenvalue weighted by molar-refractivity contribution is -0.144. The van der Waals surface area contributed by atoms with Crippen molar-refractivity contribution in [3.05, 3.63) is 35.6 Å². The van der Waals surface area contributed by atoms with Crippen LogP contribution in [0.25, 0.3) is 0 Å². The van der Waals surface area contributed by atoms with Crippen molar-refractivity contribution in [2.24, 2.45) is 5.73 Å². The number of hydrogen-bond donors (Lipinski definition) is 3. The predicted octanol–water partition coefficient (Wildman–Crippen LogP) is 0.0539. The van der Waals surface area contributed by atoms with Gasteiger partial charge in [-0.2, -0.15) is 0 Å². The Kier molecular flexibility index (Phi) is 5.05. The van der Waals surface area contributed by atoms with E-state index in [-0.39, 0.29) is 18.4 Å². The van der Waals surface area contributed by atoms with Gasteiger partial charge in [-0.1, -0.05) is 12.1 Å². The first-order valence-corrected chi connectivity index (χ1v) is 6.75. The van der Waals surface area contributed by atoms with Gasteiger partial charge in [0.2, 0.25) is 0 Å². The Morgan fingerprint density at radius 1 is 1.50 bits per heavy atom. The number of aliphatic carboxylic acids is 1. The summed E-state index contributed by atoms with van der Waals surface area (Å²) in [7, 11) is 0. The van der Waals surface area contributed by atoms with Gasteiger partial charge in [-0.05, 0) is 24.1 Å². The topological polar surface area (TPSA) is 78.6 Å². The average molecular weight is 281 g/mol. The number of carboxylic acid groups (broad SMARTS) is 1. The van der Waals surface area contributed by atoms with Crippen molar-refractivity contribution < 1.29 is 14.3 Å². The Balaban J connectivity index is 2.10. The Hall–Kier alpha value is -1.50.